The Balaban J connectivity index is 5.41. The molecule has 0 fully saturated rings. The van der Waals surface area contributed by atoms with Crippen molar-refractivity contribution >= 4 is 35.5 Å². The van der Waals surface area contributed by atoms with Gasteiger partial charge in [-0.2, -0.15) is 11.8 Å². The van der Waals surface area contributed by atoms with Gasteiger partial charge in [-0.3, -0.25) is 14.4 Å². The molecule has 5 unspecified atom stereocenters. The third-order valence-electron chi connectivity index (χ3n) is 5.33. The van der Waals surface area contributed by atoms with Gasteiger partial charge in [0.25, 0.3) is 0 Å². The second-order valence-electron chi connectivity index (χ2n) is 9.02. The summed E-state index contributed by atoms with van der Waals surface area (Å²) in [5.41, 5.74) is 5.95. The molecule has 0 aliphatic carbocycles. The Morgan fingerprint density at radius 3 is 1.91 bits per heavy atom. The number of carboxylic acid groups (broad SMARTS) is 1. The maximum Gasteiger partial charge on any atom is 0.326 e. The number of carboxylic acids is 1. The number of rotatable bonds is 15. The molecule has 0 heterocycles. The van der Waals surface area contributed by atoms with E-state index in [0.29, 0.717) is 25.0 Å². The smallest absolute Gasteiger partial charge is 0.326 e. The third kappa shape index (κ3) is 10.7. The Bertz CT molecular complexity index is 629. The summed E-state index contributed by atoms with van der Waals surface area (Å²) in [5, 5.41) is 17.4. The molecule has 0 radical (unpaired) electrons. The molecule has 0 aromatic heterocycles. The van der Waals surface area contributed by atoms with Crippen LogP contribution in [0.4, 0.5) is 0 Å². The lowest BCUT2D eigenvalue weighted by atomic mass is 9.97. The summed E-state index contributed by atoms with van der Waals surface area (Å²) in [6.07, 6.45) is 3.35. The van der Waals surface area contributed by atoms with Gasteiger partial charge < -0.3 is 26.8 Å². The van der Waals surface area contributed by atoms with Crippen LogP contribution in [0.2, 0.25) is 0 Å². The molecule has 32 heavy (non-hydrogen) atoms. The molecular formula is C22H42N4O5S. The zero-order valence-electron chi connectivity index (χ0n) is 20.4. The average molecular weight is 475 g/mol. The monoisotopic (exact) mass is 474 g/mol. The highest BCUT2D eigenvalue weighted by atomic mass is 32.2. The maximum absolute atomic E-state index is 13.0. The van der Waals surface area contributed by atoms with Gasteiger partial charge >= 0.3 is 5.97 Å². The summed E-state index contributed by atoms with van der Waals surface area (Å²) in [6.45, 7) is 11.0. The van der Waals surface area contributed by atoms with Crippen LogP contribution in [0.25, 0.3) is 0 Å². The molecule has 0 aromatic carbocycles. The zero-order chi connectivity index (χ0) is 25.0. The first kappa shape index (κ1) is 30.2. The summed E-state index contributed by atoms with van der Waals surface area (Å²) in [5.74, 6) is -2.27. The minimum atomic E-state index is -1.12. The second-order valence-corrected chi connectivity index (χ2v) is 10.0. The topological polar surface area (TPSA) is 151 Å². The van der Waals surface area contributed by atoms with Crippen LogP contribution >= 0.6 is 11.8 Å². The third-order valence-corrected chi connectivity index (χ3v) is 5.97. The fourth-order valence-electron chi connectivity index (χ4n) is 3.11. The summed E-state index contributed by atoms with van der Waals surface area (Å²) in [7, 11) is 0. The van der Waals surface area contributed by atoms with Crippen LogP contribution in [-0.2, 0) is 19.2 Å². The van der Waals surface area contributed by atoms with E-state index in [1.165, 1.54) is 11.8 Å². The Labute approximate surface area is 196 Å². The quantitative estimate of drug-likeness (QED) is 0.240. The molecule has 0 bridgehead atoms. The van der Waals surface area contributed by atoms with Crippen LogP contribution in [0.5, 0.6) is 0 Å². The molecule has 0 saturated carbocycles. The van der Waals surface area contributed by atoms with Crippen LogP contribution in [0, 0.1) is 17.8 Å². The number of aliphatic carboxylic acids is 1. The highest BCUT2D eigenvalue weighted by molar-refractivity contribution is 7.98. The molecular weight excluding hydrogens is 432 g/mol. The van der Waals surface area contributed by atoms with E-state index in [1.807, 2.05) is 27.0 Å². The van der Waals surface area contributed by atoms with E-state index in [9.17, 15) is 24.3 Å². The largest absolute Gasteiger partial charge is 0.480 e. The fourth-order valence-corrected chi connectivity index (χ4v) is 3.58. The molecule has 3 amide bonds. The molecule has 10 heteroatoms. The van der Waals surface area contributed by atoms with Crippen molar-refractivity contribution in [2.24, 2.45) is 23.5 Å². The van der Waals surface area contributed by atoms with Crippen molar-refractivity contribution in [2.75, 3.05) is 12.0 Å². The number of carbonyl (C=O) groups excluding carboxylic acids is 3. The van der Waals surface area contributed by atoms with Crippen LogP contribution < -0.4 is 21.7 Å². The summed E-state index contributed by atoms with van der Waals surface area (Å²) in [6, 6.07) is -3.55. The Morgan fingerprint density at radius 2 is 1.47 bits per heavy atom. The van der Waals surface area contributed by atoms with Crippen molar-refractivity contribution in [3.8, 4) is 0 Å². The van der Waals surface area contributed by atoms with Gasteiger partial charge in [0, 0.05) is 0 Å². The van der Waals surface area contributed by atoms with Gasteiger partial charge in [-0.1, -0.05) is 48.0 Å². The summed E-state index contributed by atoms with van der Waals surface area (Å²) in [4.78, 5) is 49.9. The fraction of sp³-hybridized carbons (Fsp3) is 0.818. The Kier molecular flexibility index (Phi) is 14.2. The van der Waals surface area contributed by atoms with Gasteiger partial charge in [-0.25, -0.2) is 4.79 Å². The normalized spacial score (nSPS) is 16.1. The molecule has 0 aliphatic heterocycles. The first-order chi connectivity index (χ1) is 14.8. The first-order valence-corrected chi connectivity index (χ1v) is 12.6. The van der Waals surface area contributed by atoms with Gasteiger partial charge in [0.15, 0.2) is 0 Å². The van der Waals surface area contributed by atoms with Gasteiger partial charge in [0.1, 0.15) is 18.1 Å². The minimum absolute atomic E-state index is 0.232. The van der Waals surface area contributed by atoms with E-state index in [-0.39, 0.29) is 17.8 Å². The molecule has 0 aromatic rings. The van der Waals surface area contributed by atoms with E-state index in [4.69, 9.17) is 5.73 Å². The van der Waals surface area contributed by atoms with Crippen molar-refractivity contribution < 1.29 is 24.3 Å². The molecule has 0 saturated heterocycles. The van der Waals surface area contributed by atoms with Crippen molar-refractivity contribution in [1.82, 2.24) is 16.0 Å². The maximum atomic E-state index is 13.0. The van der Waals surface area contributed by atoms with Crippen LogP contribution in [0.15, 0.2) is 0 Å². The van der Waals surface area contributed by atoms with Crippen molar-refractivity contribution in [1.29, 1.82) is 0 Å². The Hall–Kier alpha value is -1.81. The van der Waals surface area contributed by atoms with E-state index in [1.54, 1.807) is 20.8 Å². The molecule has 9 nitrogen and oxygen atoms in total. The second kappa shape index (κ2) is 15.1. The number of nitrogens with one attached hydrogen (secondary N) is 3. The van der Waals surface area contributed by atoms with Gasteiger partial charge in [-0.05, 0) is 42.6 Å². The lowest BCUT2D eigenvalue weighted by molar-refractivity contribution is -0.144. The first-order valence-electron chi connectivity index (χ1n) is 11.2. The van der Waals surface area contributed by atoms with E-state index in [0.717, 1.165) is 0 Å². The lowest BCUT2D eigenvalue weighted by Crippen LogP contribution is -2.59. The molecule has 186 valence electrons. The number of thioether (sulfide) groups is 1. The highest BCUT2D eigenvalue weighted by Crippen LogP contribution is 2.11. The van der Waals surface area contributed by atoms with Crippen molar-refractivity contribution in [3.05, 3.63) is 0 Å². The average Bonchev–Trinajstić information content (AvgIpc) is 2.70. The van der Waals surface area contributed by atoms with Crippen LogP contribution in [-0.4, -0.2) is 65.0 Å². The molecule has 0 spiro atoms. The highest BCUT2D eigenvalue weighted by Gasteiger charge is 2.33. The predicted molar refractivity (Wildman–Crippen MR) is 128 cm³/mol. The van der Waals surface area contributed by atoms with E-state index < -0.39 is 47.9 Å². The van der Waals surface area contributed by atoms with E-state index >= 15 is 0 Å². The summed E-state index contributed by atoms with van der Waals surface area (Å²) >= 11 is 1.54. The van der Waals surface area contributed by atoms with E-state index in [2.05, 4.69) is 16.0 Å². The van der Waals surface area contributed by atoms with Crippen LogP contribution in [0.1, 0.15) is 60.8 Å². The van der Waals surface area contributed by atoms with Crippen LogP contribution in [0.3, 0.4) is 0 Å². The standard InChI is InChI=1S/C22H42N4O5S/c1-8-14(6)18(22(30)31)26-21(29)17(13(4)5)25-20(28)16(9-10-32-7)24-19(27)15(23)11-12(2)3/h12-18H,8-11,23H2,1-7H3,(H,24,27)(H,25,28)(H,26,29)(H,30,31). The number of hydrogen-bond donors (Lipinski definition) is 5. The van der Waals surface area contributed by atoms with Gasteiger partial charge in [0.2, 0.25) is 17.7 Å². The molecule has 5 atom stereocenters. The van der Waals surface area contributed by atoms with Gasteiger partial charge in [0.05, 0.1) is 6.04 Å². The Morgan fingerprint density at radius 1 is 0.906 bits per heavy atom. The molecule has 6 N–H and O–H groups in total. The van der Waals surface area contributed by atoms with Gasteiger partial charge in [-0.15, -0.1) is 0 Å². The SMILES string of the molecule is CCC(C)C(NC(=O)C(NC(=O)C(CCSC)NC(=O)C(N)CC(C)C)C(C)C)C(=O)O. The zero-order valence-corrected chi connectivity index (χ0v) is 21.3. The number of hydrogen-bond acceptors (Lipinski definition) is 6. The number of carbonyl (C=O) groups is 4. The minimum Gasteiger partial charge on any atom is -0.480 e. The predicted octanol–water partition coefficient (Wildman–Crippen LogP) is 1.35. The summed E-state index contributed by atoms with van der Waals surface area (Å²) < 4.78 is 0. The number of amides is 3. The lowest BCUT2D eigenvalue weighted by Gasteiger charge is -2.28. The molecule has 0 rings (SSSR count). The molecule has 0 aliphatic rings. The van der Waals surface area contributed by atoms with Crippen molar-refractivity contribution in [2.45, 2.75) is 85.0 Å². The number of nitrogens with two attached hydrogens (primary N) is 1. The van der Waals surface area contributed by atoms with Crippen molar-refractivity contribution in [3.63, 3.8) is 0 Å².